The number of oxime groups is 1. The van der Waals surface area contributed by atoms with Gasteiger partial charge in [-0.05, 0) is 49.9 Å². The van der Waals surface area contributed by atoms with E-state index in [9.17, 15) is 5.21 Å². The van der Waals surface area contributed by atoms with Gasteiger partial charge in [-0.1, -0.05) is 11.2 Å². The molecule has 0 amide bonds. The lowest BCUT2D eigenvalue weighted by atomic mass is 9.87. The van der Waals surface area contributed by atoms with Crippen molar-refractivity contribution in [2.45, 2.75) is 38.1 Å². The van der Waals surface area contributed by atoms with E-state index in [1.54, 1.807) is 25.8 Å². The molecule has 35 heavy (non-hydrogen) atoms. The molecule has 1 aliphatic carbocycles. The molecule has 182 valence electrons. The van der Waals surface area contributed by atoms with Crippen molar-refractivity contribution in [3.05, 3.63) is 47.8 Å². The van der Waals surface area contributed by atoms with E-state index in [4.69, 9.17) is 29.3 Å². The SMILES string of the molecule is COc1ccc(CNc2nc3c(OC)cccc3c3nc(C4CCCC(=NO)C4)nn23)c(OC)c1. The Hall–Kier alpha value is -4.08. The second kappa shape index (κ2) is 9.65. The van der Waals surface area contributed by atoms with Crippen LogP contribution in [-0.2, 0) is 6.54 Å². The maximum absolute atomic E-state index is 9.28. The van der Waals surface area contributed by atoms with Crippen molar-refractivity contribution in [2.24, 2.45) is 5.16 Å². The van der Waals surface area contributed by atoms with Crippen LogP contribution in [0.2, 0.25) is 0 Å². The summed E-state index contributed by atoms with van der Waals surface area (Å²) in [5, 5.41) is 21.8. The number of methoxy groups -OCH3 is 3. The maximum Gasteiger partial charge on any atom is 0.226 e. The number of fused-ring (bicyclic) bond motifs is 3. The van der Waals surface area contributed by atoms with E-state index in [-0.39, 0.29) is 5.92 Å². The Morgan fingerprint density at radius 1 is 1.09 bits per heavy atom. The fourth-order valence-corrected chi connectivity index (χ4v) is 4.60. The standard InChI is InChI=1S/C25H28N6O4/c1-33-18-11-10-16(21(13-18)35-3)14-26-25-27-22-19(8-5-9-20(22)34-2)24-28-23(29-31(24)25)15-6-4-7-17(12-15)30-32/h5,8-11,13,15,32H,4,6-7,12,14H2,1-3H3,(H,26,27). The molecule has 0 aliphatic heterocycles. The number of anilines is 1. The quantitative estimate of drug-likeness (QED) is 0.298. The Bertz CT molecular complexity index is 1400. The summed E-state index contributed by atoms with van der Waals surface area (Å²) in [5.41, 5.74) is 3.13. The highest BCUT2D eigenvalue weighted by Crippen LogP contribution is 2.33. The number of benzene rings is 2. The van der Waals surface area contributed by atoms with E-state index in [0.717, 1.165) is 41.7 Å². The molecular weight excluding hydrogens is 448 g/mol. The summed E-state index contributed by atoms with van der Waals surface area (Å²) in [6.07, 6.45) is 3.33. The van der Waals surface area contributed by atoms with Crippen molar-refractivity contribution in [2.75, 3.05) is 26.6 Å². The number of nitrogens with one attached hydrogen (secondary N) is 1. The summed E-state index contributed by atoms with van der Waals surface area (Å²) in [4.78, 5) is 9.78. The summed E-state index contributed by atoms with van der Waals surface area (Å²) in [5.74, 6) is 3.44. The van der Waals surface area contributed by atoms with Crippen molar-refractivity contribution in [3.8, 4) is 17.2 Å². The summed E-state index contributed by atoms with van der Waals surface area (Å²) in [6.45, 7) is 0.454. The summed E-state index contributed by atoms with van der Waals surface area (Å²) in [7, 11) is 4.89. The van der Waals surface area contributed by atoms with Crippen molar-refractivity contribution in [1.82, 2.24) is 19.6 Å². The summed E-state index contributed by atoms with van der Waals surface area (Å²) >= 11 is 0. The van der Waals surface area contributed by atoms with Crippen LogP contribution >= 0.6 is 0 Å². The van der Waals surface area contributed by atoms with E-state index in [0.29, 0.717) is 47.4 Å². The van der Waals surface area contributed by atoms with Gasteiger partial charge in [-0.3, -0.25) is 0 Å². The van der Waals surface area contributed by atoms with Gasteiger partial charge in [-0.25, -0.2) is 9.97 Å². The van der Waals surface area contributed by atoms with E-state index < -0.39 is 0 Å². The molecule has 4 aromatic rings. The van der Waals surface area contributed by atoms with Gasteiger partial charge in [0.15, 0.2) is 11.5 Å². The highest BCUT2D eigenvalue weighted by molar-refractivity contribution is 5.96. The van der Waals surface area contributed by atoms with Crippen LogP contribution in [0.5, 0.6) is 17.2 Å². The molecule has 10 nitrogen and oxygen atoms in total. The summed E-state index contributed by atoms with van der Waals surface area (Å²) < 4.78 is 18.2. The Morgan fingerprint density at radius 3 is 2.71 bits per heavy atom. The van der Waals surface area contributed by atoms with Crippen LogP contribution in [0.1, 0.15) is 43.0 Å². The molecule has 1 fully saturated rings. The smallest absolute Gasteiger partial charge is 0.226 e. The fourth-order valence-electron chi connectivity index (χ4n) is 4.60. The average molecular weight is 477 g/mol. The monoisotopic (exact) mass is 476 g/mol. The topological polar surface area (TPSA) is 115 Å². The van der Waals surface area contributed by atoms with Gasteiger partial charge in [-0.15, -0.1) is 5.10 Å². The molecule has 5 rings (SSSR count). The van der Waals surface area contributed by atoms with Crippen molar-refractivity contribution in [1.29, 1.82) is 0 Å². The predicted octanol–water partition coefficient (Wildman–Crippen LogP) is 4.40. The minimum absolute atomic E-state index is 0.0877. The van der Waals surface area contributed by atoms with Gasteiger partial charge < -0.3 is 24.7 Å². The molecule has 0 radical (unpaired) electrons. The number of nitrogens with zero attached hydrogens (tertiary/aromatic N) is 5. The molecule has 2 aromatic carbocycles. The second-order valence-electron chi connectivity index (χ2n) is 8.49. The largest absolute Gasteiger partial charge is 0.497 e. The minimum atomic E-state index is 0.0877. The van der Waals surface area contributed by atoms with Crippen molar-refractivity contribution >= 4 is 28.2 Å². The predicted molar refractivity (Wildman–Crippen MR) is 132 cm³/mol. The zero-order valence-electron chi connectivity index (χ0n) is 20.0. The first-order valence-corrected chi connectivity index (χ1v) is 11.5. The number of rotatable bonds is 7. The van der Waals surface area contributed by atoms with Crippen molar-refractivity contribution in [3.63, 3.8) is 0 Å². The van der Waals surface area contributed by atoms with E-state index in [1.807, 2.05) is 36.4 Å². The molecule has 0 bridgehead atoms. The first-order chi connectivity index (χ1) is 17.1. The number of para-hydroxylation sites is 1. The number of aromatic nitrogens is 4. The van der Waals surface area contributed by atoms with Gasteiger partial charge in [0.25, 0.3) is 0 Å². The van der Waals surface area contributed by atoms with Gasteiger partial charge in [0.2, 0.25) is 5.95 Å². The molecule has 10 heteroatoms. The van der Waals surface area contributed by atoms with Gasteiger partial charge in [0.1, 0.15) is 22.8 Å². The molecule has 2 N–H and O–H groups in total. The maximum atomic E-state index is 9.28. The van der Waals surface area contributed by atoms with Gasteiger partial charge in [-0.2, -0.15) is 4.52 Å². The molecular formula is C25H28N6O4. The molecule has 0 saturated heterocycles. The first-order valence-electron chi connectivity index (χ1n) is 11.5. The fraction of sp³-hybridized carbons (Fsp3) is 0.360. The van der Waals surface area contributed by atoms with Crippen LogP contribution in [0, 0.1) is 0 Å². The number of hydrogen-bond donors (Lipinski definition) is 2. The lowest BCUT2D eigenvalue weighted by Crippen LogP contribution is -2.15. The lowest BCUT2D eigenvalue weighted by Gasteiger charge is -2.19. The zero-order chi connectivity index (χ0) is 24.4. The highest BCUT2D eigenvalue weighted by Gasteiger charge is 2.25. The third kappa shape index (κ3) is 4.27. The first kappa shape index (κ1) is 22.7. The van der Waals surface area contributed by atoms with Crippen LogP contribution < -0.4 is 19.5 Å². The van der Waals surface area contributed by atoms with Crippen LogP contribution in [-0.4, -0.2) is 51.8 Å². The average Bonchev–Trinajstić information content (AvgIpc) is 3.37. The van der Waals surface area contributed by atoms with Crippen LogP contribution in [0.15, 0.2) is 41.6 Å². The van der Waals surface area contributed by atoms with Gasteiger partial charge in [0, 0.05) is 29.5 Å². The van der Waals surface area contributed by atoms with E-state index in [2.05, 4.69) is 10.5 Å². The second-order valence-corrected chi connectivity index (χ2v) is 8.49. The zero-order valence-corrected chi connectivity index (χ0v) is 20.0. The Balaban J connectivity index is 1.58. The Morgan fingerprint density at radius 2 is 1.94 bits per heavy atom. The van der Waals surface area contributed by atoms with Crippen LogP contribution in [0.4, 0.5) is 5.95 Å². The molecule has 2 aromatic heterocycles. The van der Waals surface area contributed by atoms with Crippen molar-refractivity contribution < 1.29 is 19.4 Å². The number of hydrogen-bond acceptors (Lipinski definition) is 9. The third-order valence-corrected chi connectivity index (χ3v) is 6.44. The molecule has 0 spiro atoms. The molecule has 1 atom stereocenters. The van der Waals surface area contributed by atoms with Crippen LogP contribution in [0.3, 0.4) is 0 Å². The molecule has 1 unspecified atom stereocenters. The minimum Gasteiger partial charge on any atom is -0.497 e. The van der Waals surface area contributed by atoms with E-state index >= 15 is 0 Å². The molecule has 2 heterocycles. The van der Waals surface area contributed by atoms with Gasteiger partial charge >= 0.3 is 0 Å². The van der Waals surface area contributed by atoms with Crippen LogP contribution in [0.25, 0.3) is 16.6 Å². The summed E-state index contributed by atoms with van der Waals surface area (Å²) in [6, 6.07) is 11.5. The normalized spacial score (nSPS) is 17.1. The molecule has 1 saturated carbocycles. The lowest BCUT2D eigenvalue weighted by molar-refractivity contribution is 0.313. The molecule has 1 aliphatic rings. The van der Waals surface area contributed by atoms with E-state index in [1.165, 1.54) is 0 Å². The van der Waals surface area contributed by atoms with Gasteiger partial charge in [0.05, 0.1) is 27.0 Å². The number of ether oxygens (including phenoxy) is 3. The Labute approximate surface area is 202 Å². The Kier molecular flexibility index (Phi) is 6.26. The third-order valence-electron chi connectivity index (χ3n) is 6.44. The highest BCUT2D eigenvalue weighted by atomic mass is 16.5.